The topological polar surface area (TPSA) is 3.01 Å². The Bertz CT molecular complexity index is 417. The zero-order valence-corrected chi connectivity index (χ0v) is 10.4. The fourth-order valence-corrected chi connectivity index (χ4v) is 3.58. The van der Waals surface area contributed by atoms with E-state index in [4.69, 9.17) is 11.6 Å². The van der Waals surface area contributed by atoms with Gasteiger partial charge in [0.15, 0.2) is 12.6 Å². The van der Waals surface area contributed by atoms with Crippen molar-refractivity contribution in [3.8, 4) is 0 Å². The SMILES string of the molecule is ClC1=[N+]2Cc3ccccc3C[C@H]2CS1.[Cl-]. The summed E-state index contributed by atoms with van der Waals surface area (Å²) in [6.07, 6.45) is 1.15. The van der Waals surface area contributed by atoms with Crippen molar-refractivity contribution in [1.29, 1.82) is 0 Å². The van der Waals surface area contributed by atoms with Crippen LogP contribution in [0.5, 0.6) is 0 Å². The van der Waals surface area contributed by atoms with Gasteiger partial charge in [-0.15, -0.1) is 0 Å². The van der Waals surface area contributed by atoms with Crippen LogP contribution >= 0.6 is 23.4 Å². The highest BCUT2D eigenvalue weighted by atomic mass is 35.5. The third-order valence-electron chi connectivity index (χ3n) is 2.98. The molecule has 0 fully saturated rings. The minimum absolute atomic E-state index is 0. The average Bonchev–Trinajstić information content (AvgIpc) is 2.57. The van der Waals surface area contributed by atoms with Gasteiger partial charge in [-0.05, 0) is 28.9 Å². The normalized spacial score (nSPS) is 23.1. The van der Waals surface area contributed by atoms with Gasteiger partial charge in [-0.3, -0.25) is 0 Å². The molecule has 15 heavy (non-hydrogen) atoms. The van der Waals surface area contributed by atoms with Crippen molar-refractivity contribution in [3.63, 3.8) is 0 Å². The van der Waals surface area contributed by atoms with Crippen LogP contribution in [0.2, 0.25) is 0 Å². The van der Waals surface area contributed by atoms with Crippen LogP contribution in [0.25, 0.3) is 0 Å². The maximum Gasteiger partial charge on any atom is 0.306 e. The third-order valence-corrected chi connectivity index (χ3v) is 4.54. The Kier molecular flexibility index (Phi) is 3.29. The minimum atomic E-state index is 0. The monoisotopic (exact) mass is 259 g/mol. The summed E-state index contributed by atoms with van der Waals surface area (Å²) in [7, 11) is 0. The molecular formula is C11H11Cl2NS. The van der Waals surface area contributed by atoms with Gasteiger partial charge in [0, 0.05) is 12.0 Å². The van der Waals surface area contributed by atoms with Crippen LogP contribution < -0.4 is 12.4 Å². The molecule has 2 heterocycles. The van der Waals surface area contributed by atoms with Crippen LogP contribution in [0.4, 0.5) is 0 Å². The Balaban J connectivity index is 0.000000853. The second kappa shape index (κ2) is 4.36. The molecule has 3 rings (SSSR count). The lowest BCUT2D eigenvalue weighted by molar-refractivity contribution is -0.573. The summed E-state index contributed by atoms with van der Waals surface area (Å²) in [5, 5.41) is 0. The molecule has 1 aromatic carbocycles. The number of hydrogen-bond donors (Lipinski definition) is 0. The number of nitrogens with zero attached hydrogens (tertiary/aromatic N) is 1. The van der Waals surface area contributed by atoms with Crippen molar-refractivity contribution >= 4 is 27.9 Å². The van der Waals surface area contributed by atoms with Crippen LogP contribution in [0.1, 0.15) is 11.1 Å². The molecule has 0 N–H and O–H groups in total. The fourth-order valence-electron chi connectivity index (χ4n) is 2.19. The Labute approximate surface area is 105 Å². The number of halogens is 2. The molecule has 2 aliphatic heterocycles. The van der Waals surface area contributed by atoms with Crippen molar-refractivity contribution in [2.24, 2.45) is 0 Å². The maximum absolute atomic E-state index is 6.16. The van der Waals surface area contributed by atoms with Gasteiger partial charge in [0.25, 0.3) is 0 Å². The molecule has 0 aliphatic carbocycles. The Morgan fingerprint density at radius 1 is 1.27 bits per heavy atom. The van der Waals surface area contributed by atoms with Crippen LogP contribution in [0.3, 0.4) is 0 Å². The van der Waals surface area contributed by atoms with Crippen molar-refractivity contribution in [3.05, 3.63) is 35.4 Å². The molecule has 0 saturated heterocycles. The lowest BCUT2D eigenvalue weighted by Crippen LogP contribution is -3.00. The van der Waals surface area contributed by atoms with Crippen LogP contribution in [0, 0.1) is 0 Å². The molecule has 4 heteroatoms. The first kappa shape index (κ1) is 11.3. The zero-order chi connectivity index (χ0) is 9.54. The van der Waals surface area contributed by atoms with E-state index in [1.54, 1.807) is 11.8 Å². The summed E-state index contributed by atoms with van der Waals surface area (Å²) < 4.78 is 3.30. The predicted octanol–water partition coefficient (Wildman–Crippen LogP) is -0.531. The summed E-state index contributed by atoms with van der Waals surface area (Å²) >= 11 is 7.94. The lowest BCUT2D eigenvalue weighted by Gasteiger charge is -2.18. The average molecular weight is 260 g/mol. The van der Waals surface area contributed by atoms with Gasteiger partial charge in [-0.1, -0.05) is 24.3 Å². The van der Waals surface area contributed by atoms with Crippen molar-refractivity contribution < 1.29 is 17.0 Å². The third kappa shape index (κ3) is 1.91. The molecule has 0 saturated carbocycles. The molecule has 0 radical (unpaired) electrons. The molecule has 0 bridgehead atoms. The van der Waals surface area contributed by atoms with Gasteiger partial charge >= 0.3 is 4.50 Å². The minimum Gasteiger partial charge on any atom is -1.00 e. The summed E-state index contributed by atoms with van der Waals surface area (Å²) in [5.74, 6) is 1.15. The Morgan fingerprint density at radius 3 is 2.80 bits per heavy atom. The number of fused-ring (bicyclic) bond motifs is 2. The maximum atomic E-state index is 6.16. The summed E-state index contributed by atoms with van der Waals surface area (Å²) in [5.41, 5.74) is 2.94. The number of thioether (sulfide) groups is 1. The smallest absolute Gasteiger partial charge is 0.306 e. The van der Waals surface area contributed by atoms with Crippen LogP contribution in [-0.2, 0) is 13.0 Å². The zero-order valence-electron chi connectivity index (χ0n) is 8.12. The van der Waals surface area contributed by atoms with E-state index in [1.165, 1.54) is 11.1 Å². The number of rotatable bonds is 0. The van der Waals surface area contributed by atoms with Crippen molar-refractivity contribution in [2.75, 3.05) is 5.75 Å². The van der Waals surface area contributed by atoms with Crippen molar-refractivity contribution in [2.45, 2.75) is 19.0 Å². The first-order valence-corrected chi connectivity index (χ1v) is 6.19. The van der Waals surface area contributed by atoms with Crippen molar-refractivity contribution in [1.82, 2.24) is 0 Å². The van der Waals surface area contributed by atoms with E-state index in [-0.39, 0.29) is 12.4 Å². The highest BCUT2D eigenvalue weighted by molar-refractivity contribution is 8.16. The van der Waals surface area contributed by atoms with Gasteiger partial charge in [-0.25, -0.2) is 4.58 Å². The molecule has 0 unspecified atom stereocenters. The first-order valence-electron chi connectivity index (χ1n) is 4.83. The molecular weight excluding hydrogens is 249 g/mol. The van der Waals surface area contributed by atoms with Gasteiger partial charge in [0.1, 0.15) is 0 Å². The molecule has 0 spiro atoms. The second-order valence-corrected chi connectivity index (χ2v) is 5.41. The fraction of sp³-hybridized carbons (Fsp3) is 0.364. The van der Waals surface area contributed by atoms with Crippen LogP contribution in [0.15, 0.2) is 24.3 Å². The highest BCUT2D eigenvalue weighted by Gasteiger charge is 2.36. The van der Waals surface area contributed by atoms with Gasteiger partial charge in [-0.2, -0.15) is 0 Å². The number of benzene rings is 1. The molecule has 1 aromatic rings. The van der Waals surface area contributed by atoms with E-state index >= 15 is 0 Å². The van der Waals surface area contributed by atoms with Gasteiger partial charge in [0.05, 0.1) is 5.75 Å². The number of hydrogen-bond acceptors (Lipinski definition) is 1. The van der Waals surface area contributed by atoms with E-state index in [1.807, 2.05) is 0 Å². The van der Waals surface area contributed by atoms with E-state index in [0.29, 0.717) is 6.04 Å². The highest BCUT2D eigenvalue weighted by Crippen LogP contribution is 2.29. The lowest BCUT2D eigenvalue weighted by atomic mass is 9.96. The van der Waals surface area contributed by atoms with E-state index in [2.05, 4.69) is 28.8 Å². The second-order valence-electron chi connectivity index (χ2n) is 3.82. The standard InChI is InChI=1S/C11H11ClNS.ClH/c12-11-13-6-9-4-2-1-3-8(9)5-10(13)7-14-11;/h1-4,10H,5-7H2;1H/q+1;/p-1/t10-;/m0./s1. The molecule has 1 nitrogen and oxygen atoms in total. The van der Waals surface area contributed by atoms with Gasteiger partial charge in [0.2, 0.25) is 0 Å². The van der Waals surface area contributed by atoms with Gasteiger partial charge < -0.3 is 12.4 Å². The molecule has 80 valence electrons. The quantitative estimate of drug-likeness (QED) is 0.567. The van der Waals surface area contributed by atoms with Crippen LogP contribution in [-0.4, -0.2) is 20.9 Å². The molecule has 1 atom stereocenters. The molecule has 0 amide bonds. The molecule has 2 aliphatic rings. The predicted molar refractivity (Wildman–Crippen MR) is 61.2 cm³/mol. The van der Waals surface area contributed by atoms with E-state index < -0.39 is 0 Å². The van der Waals surface area contributed by atoms with E-state index in [0.717, 1.165) is 23.2 Å². The largest absolute Gasteiger partial charge is 1.00 e. The first-order chi connectivity index (χ1) is 6.84. The Morgan fingerprint density at radius 2 is 2.00 bits per heavy atom. The summed E-state index contributed by atoms with van der Waals surface area (Å²) in [6, 6.07) is 9.31. The van der Waals surface area contributed by atoms with E-state index in [9.17, 15) is 0 Å². The molecule has 0 aromatic heterocycles. The summed E-state index contributed by atoms with van der Waals surface area (Å²) in [6.45, 7) is 0.993. The Hall–Kier alpha value is -0.180. The summed E-state index contributed by atoms with van der Waals surface area (Å²) in [4.78, 5) is 0.